The van der Waals surface area contributed by atoms with E-state index < -0.39 is 17.8 Å². The molecule has 1 aromatic rings. The summed E-state index contributed by atoms with van der Waals surface area (Å²) in [5.41, 5.74) is -1.12. The van der Waals surface area contributed by atoms with Crippen LogP contribution in [-0.4, -0.2) is 12.1 Å². The van der Waals surface area contributed by atoms with Crippen LogP contribution in [0.4, 0.5) is 23.7 Å². The molecule has 1 aromatic carbocycles. The number of benzene rings is 1. The van der Waals surface area contributed by atoms with Gasteiger partial charge in [-0.05, 0) is 31.0 Å². The molecule has 7 heteroatoms. The number of urea groups is 1. The van der Waals surface area contributed by atoms with Gasteiger partial charge in [-0.3, -0.25) is 0 Å². The highest BCUT2D eigenvalue weighted by atomic mass is 79.9. The number of amides is 2. The lowest BCUT2D eigenvalue weighted by molar-refractivity contribution is -0.136. The molecule has 0 aliphatic heterocycles. The van der Waals surface area contributed by atoms with Crippen LogP contribution in [0.15, 0.2) is 22.7 Å². The van der Waals surface area contributed by atoms with Crippen molar-refractivity contribution in [3.05, 3.63) is 28.2 Å². The smallest absolute Gasteiger partial charge is 0.335 e. The molecule has 0 saturated heterocycles. The van der Waals surface area contributed by atoms with E-state index in [-0.39, 0.29) is 11.7 Å². The molecule has 1 saturated carbocycles. The summed E-state index contributed by atoms with van der Waals surface area (Å²) < 4.78 is 38.6. The molecule has 1 fully saturated rings. The minimum atomic E-state index is -4.51. The van der Waals surface area contributed by atoms with E-state index >= 15 is 0 Å². The first-order valence-electron chi connectivity index (χ1n) is 5.30. The third-order valence-electron chi connectivity index (χ3n) is 2.45. The Bertz CT molecular complexity index is 472. The summed E-state index contributed by atoms with van der Waals surface area (Å²) in [6.45, 7) is 0. The second-order valence-corrected chi connectivity index (χ2v) is 4.98. The highest BCUT2D eigenvalue weighted by Crippen LogP contribution is 2.36. The highest BCUT2D eigenvalue weighted by molar-refractivity contribution is 9.10. The zero-order valence-electron chi connectivity index (χ0n) is 9.14. The average molecular weight is 323 g/mol. The largest absolute Gasteiger partial charge is 0.418 e. The fraction of sp³-hybridized carbons (Fsp3) is 0.364. The Morgan fingerprint density at radius 2 is 2.00 bits per heavy atom. The zero-order valence-corrected chi connectivity index (χ0v) is 10.7. The molecular weight excluding hydrogens is 313 g/mol. The lowest BCUT2D eigenvalue weighted by Crippen LogP contribution is -2.31. The van der Waals surface area contributed by atoms with Crippen LogP contribution in [0.2, 0.25) is 0 Å². The van der Waals surface area contributed by atoms with Gasteiger partial charge in [0, 0.05) is 10.5 Å². The highest BCUT2D eigenvalue weighted by Gasteiger charge is 2.34. The summed E-state index contributed by atoms with van der Waals surface area (Å²) in [5.74, 6) is 0. The van der Waals surface area contributed by atoms with Crippen LogP contribution in [0.25, 0.3) is 0 Å². The number of alkyl halides is 3. The maximum atomic E-state index is 12.8. The molecule has 18 heavy (non-hydrogen) atoms. The van der Waals surface area contributed by atoms with Crippen LogP contribution >= 0.6 is 15.9 Å². The molecule has 98 valence electrons. The SMILES string of the molecule is O=C(Nc1ccc(Br)cc1C(F)(F)F)NC1CC1. The van der Waals surface area contributed by atoms with Gasteiger partial charge in [0.1, 0.15) is 0 Å². The minimum Gasteiger partial charge on any atom is -0.335 e. The molecule has 1 aliphatic carbocycles. The van der Waals surface area contributed by atoms with Crippen molar-refractivity contribution >= 4 is 27.6 Å². The first-order chi connectivity index (χ1) is 8.36. The van der Waals surface area contributed by atoms with Crippen molar-refractivity contribution in [3.8, 4) is 0 Å². The molecule has 3 nitrogen and oxygen atoms in total. The molecule has 0 atom stereocenters. The quantitative estimate of drug-likeness (QED) is 0.855. The number of halogens is 4. The number of carbonyl (C=O) groups excluding carboxylic acids is 1. The standard InChI is InChI=1S/C11H10BrF3N2O/c12-6-1-4-9(8(5-6)11(13,14)15)17-10(18)16-7-2-3-7/h1,4-5,7H,2-3H2,(H2,16,17,18). The predicted molar refractivity (Wildman–Crippen MR) is 64.3 cm³/mol. The summed E-state index contributed by atoms with van der Waals surface area (Å²) >= 11 is 2.98. The zero-order chi connectivity index (χ0) is 13.3. The van der Waals surface area contributed by atoms with Gasteiger partial charge in [0.05, 0.1) is 11.3 Å². The minimum absolute atomic E-state index is 0.0924. The Labute approximate surface area is 110 Å². The van der Waals surface area contributed by atoms with Crippen molar-refractivity contribution in [2.24, 2.45) is 0 Å². The second-order valence-electron chi connectivity index (χ2n) is 4.06. The fourth-order valence-electron chi connectivity index (χ4n) is 1.43. The first kappa shape index (κ1) is 13.2. The van der Waals surface area contributed by atoms with E-state index in [2.05, 4.69) is 26.6 Å². The first-order valence-corrected chi connectivity index (χ1v) is 6.10. The van der Waals surface area contributed by atoms with Gasteiger partial charge in [-0.25, -0.2) is 4.79 Å². The van der Waals surface area contributed by atoms with E-state index in [1.54, 1.807) is 0 Å². The number of hydrogen-bond acceptors (Lipinski definition) is 1. The number of anilines is 1. The van der Waals surface area contributed by atoms with Crippen LogP contribution in [0.5, 0.6) is 0 Å². The predicted octanol–water partition coefficient (Wildman–Crippen LogP) is 3.75. The number of nitrogens with one attached hydrogen (secondary N) is 2. The van der Waals surface area contributed by atoms with Crippen LogP contribution in [-0.2, 0) is 6.18 Å². The average Bonchev–Trinajstić information content (AvgIpc) is 3.03. The van der Waals surface area contributed by atoms with Crippen molar-refractivity contribution in [3.63, 3.8) is 0 Å². The Morgan fingerprint density at radius 1 is 1.33 bits per heavy atom. The van der Waals surface area contributed by atoms with Gasteiger partial charge < -0.3 is 10.6 Å². The summed E-state index contributed by atoms with van der Waals surface area (Å²) in [7, 11) is 0. The molecule has 0 bridgehead atoms. The summed E-state index contributed by atoms with van der Waals surface area (Å²) in [6, 6.07) is 3.09. The summed E-state index contributed by atoms with van der Waals surface area (Å²) in [4.78, 5) is 11.4. The summed E-state index contributed by atoms with van der Waals surface area (Å²) in [6.07, 6.45) is -2.76. The Hall–Kier alpha value is -1.24. The van der Waals surface area contributed by atoms with E-state index in [1.807, 2.05) is 0 Å². The third kappa shape index (κ3) is 3.38. The normalized spacial score (nSPS) is 15.3. The van der Waals surface area contributed by atoms with Crippen molar-refractivity contribution in [1.82, 2.24) is 5.32 Å². The van der Waals surface area contributed by atoms with Gasteiger partial charge in [-0.2, -0.15) is 13.2 Å². The van der Waals surface area contributed by atoms with Crippen molar-refractivity contribution in [2.75, 3.05) is 5.32 Å². The molecule has 0 spiro atoms. The van der Waals surface area contributed by atoms with E-state index in [4.69, 9.17) is 0 Å². The monoisotopic (exact) mass is 322 g/mol. The number of carbonyl (C=O) groups is 1. The molecule has 1 aliphatic rings. The number of hydrogen-bond donors (Lipinski definition) is 2. The van der Waals surface area contributed by atoms with Gasteiger partial charge in [0.15, 0.2) is 0 Å². The Kier molecular flexibility index (Phi) is 3.52. The van der Waals surface area contributed by atoms with E-state index in [0.717, 1.165) is 18.9 Å². The molecule has 2 N–H and O–H groups in total. The van der Waals surface area contributed by atoms with Gasteiger partial charge in [-0.15, -0.1) is 0 Å². The molecule has 0 aromatic heterocycles. The maximum absolute atomic E-state index is 12.8. The van der Waals surface area contributed by atoms with Gasteiger partial charge >= 0.3 is 12.2 Å². The van der Waals surface area contributed by atoms with Crippen molar-refractivity contribution in [1.29, 1.82) is 0 Å². The molecule has 0 radical (unpaired) electrons. The lowest BCUT2D eigenvalue weighted by Gasteiger charge is -2.14. The van der Waals surface area contributed by atoms with Crippen LogP contribution in [0.1, 0.15) is 18.4 Å². The van der Waals surface area contributed by atoms with E-state index in [9.17, 15) is 18.0 Å². The molecule has 0 heterocycles. The Morgan fingerprint density at radius 3 is 2.56 bits per heavy atom. The van der Waals surface area contributed by atoms with Gasteiger partial charge in [0.2, 0.25) is 0 Å². The van der Waals surface area contributed by atoms with E-state index in [1.165, 1.54) is 12.1 Å². The van der Waals surface area contributed by atoms with E-state index in [0.29, 0.717) is 4.47 Å². The second kappa shape index (κ2) is 4.79. The molecule has 2 rings (SSSR count). The van der Waals surface area contributed by atoms with Gasteiger partial charge in [0.25, 0.3) is 0 Å². The topological polar surface area (TPSA) is 41.1 Å². The van der Waals surface area contributed by atoms with Crippen LogP contribution < -0.4 is 10.6 Å². The Balaban J connectivity index is 2.17. The lowest BCUT2D eigenvalue weighted by atomic mass is 10.1. The maximum Gasteiger partial charge on any atom is 0.418 e. The van der Waals surface area contributed by atoms with Crippen molar-refractivity contribution < 1.29 is 18.0 Å². The molecule has 2 amide bonds. The summed E-state index contributed by atoms with van der Waals surface area (Å²) in [5, 5.41) is 4.79. The number of rotatable bonds is 2. The van der Waals surface area contributed by atoms with Crippen molar-refractivity contribution in [2.45, 2.75) is 25.1 Å². The van der Waals surface area contributed by atoms with Gasteiger partial charge in [-0.1, -0.05) is 15.9 Å². The fourth-order valence-corrected chi connectivity index (χ4v) is 1.79. The third-order valence-corrected chi connectivity index (χ3v) is 2.94. The molecule has 0 unspecified atom stereocenters. The van der Waals surface area contributed by atoms with Crippen LogP contribution in [0.3, 0.4) is 0 Å². The van der Waals surface area contributed by atoms with Crippen LogP contribution in [0, 0.1) is 0 Å². The molecular formula is C11H10BrF3N2O.